The van der Waals surface area contributed by atoms with Crippen molar-refractivity contribution in [1.82, 2.24) is 4.31 Å². The van der Waals surface area contributed by atoms with Gasteiger partial charge in [0.05, 0.1) is 17.3 Å². The second kappa shape index (κ2) is 8.10. The first-order valence-corrected chi connectivity index (χ1v) is 12.2. The molecule has 0 atom stereocenters. The molecular formula is C19H24N2O5S2. The SMILES string of the molecule is CCOc1ccc(S(=O)(=O)Nc2ccc3c(c2)CN(S(=O)(=O)CC)CC3)cc1. The van der Waals surface area contributed by atoms with Crippen LogP contribution in [0.3, 0.4) is 0 Å². The Bertz CT molecular complexity index is 1050. The number of nitrogens with zero attached hydrogens (tertiary/aromatic N) is 1. The molecule has 1 heterocycles. The summed E-state index contributed by atoms with van der Waals surface area (Å²) in [5, 5.41) is 0. The van der Waals surface area contributed by atoms with Crippen molar-refractivity contribution in [3.8, 4) is 5.75 Å². The zero-order valence-electron chi connectivity index (χ0n) is 15.9. The van der Waals surface area contributed by atoms with Gasteiger partial charge in [0.15, 0.2) is 0 Å². The number of anilines is 1. The predicted octanol–water partition coefficient (Wildman–Crippen LogP) is 2.59. The van der Waals surface area contributed by atoms with Crippen molar-refractivity contribution in [3.05, 3.63) is 53.6 Å². The van der Waals surface area contributed by atoms with Gasteiger partial charge in [0.2, 0.25) is 10.0 Å². The molecule has 0 saturated carbocycles. The molecule has 7 nitrogen and oxygen atoms in total. The Hall–Kier alpha value is -2.10. The Morgan fingerprint density at radius 3 is 2.36 bits per heavy atom. The van der Waals surface area contributed by atoms with Crippen LogP contribution >= 0.6 is 0 Å². The minimum atomic E-state index is -3.76. The molecule has 0 spiro atoms. The fourth-order valence-electron chi connectivity index (χ4n) is 3.11. The molecule has 2 aromatic rings. The summed E-state index contributed by atoms with van der Waals surface area (Å²) in [5.74, 6) is 0.652. The molecule has 0 fully saturated rings. The summed E-state index contributed by atoms with van der Waals surface area (Å²) >= 11 is 0. The van der Waals surface area contributed by atoms with Crippen molar-refractivity contribution >= 4 is 25.7 Å². The molecule has 1 aliphatic heterocycles. The molecule has 1 N–H and O–H groups in total. The van der Waals surface area contributed by atoms with Gasteiger partial charge in [-0.05, 0) is 67.8 Å². The van der Waals surface area contributed by atoms with Gasteiger partial charge < -0.3 is 4.74 Å². The molecule has 1 aliphatic rings. The average molecular weight is 425 g/mol. The summed E-state index contributed by atoms with van der Waals surface area (Å²) in [4.78, 5) is 0.129. The standard InChI is InChI=1S/C19H24N2O5S2/c1-3-26-18-7-9-19(10-8-18)28(24,25)20-17-6-5-15-11-12-21(14-16(15)13-17)27(22,23)4-2/h5-10,13,20H,3-4,11-12,14H2,1-2H3. The minimum Gasteiger partial charge on any atom is -0.494 e. The third-order valence-corrected chi connectivity index (χ3v) is 7.86. The number of fused-ring (bicyclic) bond motifs is 1. The van der Waals surface area contributed by atoms with E-state index in [9.17, 15) is 16.8 Å². The number of ether oxygens (including phenoxy) is 1. The molecule has 9 heteroatoms. The van der Waals surface area contributed by atoms with Crippen LogP contribution in [0.15, 0.2) is 47.4 Å². The van der Waals surface area contributed by atoms with E-state index in [0.717, 1.165) is 11.1 Å². The van der Waals surface area contributed by atoms with Crippen molar-refractivity contribution in [2.45, 2.75) is 31.7 Å². The Labute approximate surface area is 166 Å². The van der Waals surface area contributed by atoms with E-state index in [1.165, 1.54) is 16.4 Å². The lowest BCUT2D eigenvalue weighted by Gasteiger charge is -2.28. The Morgan fingerprint density at radius 2 is 1.71 bits per heavy atom. The fourth-order valence-corrected chi connectivity index (χ4v) is 5.23. The zero-order chi connectivity index (χ0) is 20.4. The average Bonchev–Trinajstić information content (AvgIpc) is 2.68. The lowest BCUT2D eigenvalue weighted by atomic mass is 10.0. The maximum atomic E-state index is 12.7. The second-order valence-corrected chi connectivity index (χ2v) is 10.4. The maximum Gasteiger partial charge on any atom is 0.261 e. The highest BCUT2D eigenvalue weighted by Gasteiger charge is 2.25. The van der Waals surface area contributed by atoms with Crippen molar-refractivity contribution < 1.29 is 21.6 Å². The molecule has 0 aliphatic carbocycles. The first-order chi connectivity index (χ1) is 13.2. The Kier molecular flexibility index (Phi) is 5.97. The van der Waals surface area contributed by atoms with E-state index < -0.39 is 20.0 Å². The van der Waals surface area contributed by atoms with Crippen molar-refractivity contribution in [2.24, 2.45) is 0 Å². The second-order valence-electron chi connectivity index (χ2n) is 6.48. The van der Waals surface area contributed by atoms with Crippen LogP contribution in [0, 0.1) is 0 Å². The van der Waals surface area contributed by atoms with Gasteiger partial charge in [-0.3, -0.25) is 4.72 Å². The summed E-state index contributed by atoms with van der Waals surface area (Å²) in [7, 11) is -7.04. The van der Waals surface area contributed by atoms with Crippen LogP contribution in [0.2, 0.25) is 0 Å². The summed E-state index contributed by atoms with van der Waals surface area (Å²) in [6.45, 7) is 4.68. The van der Waals surface area contributed by atoms with Crippen LogP contribution in [0.1, 0.15) is 25.0 Å². The van der Waals surface area contributed by atoms with E-state index in [-0.39, 0.29) is 17.2 Å². The molecule has 0 amide bonds. The van der Waals surface area contributed by atoms with Crippen molar-refractivity contribution in [3.63, 3.8) is 0 Å². The van der Waals surface area contributed by atoms with Gasteiger partial charge in [-0.1, -0.05) is 6.07 Å². The van der Waals surface area contributed by atoms with Crippen LogP contribution < -0.4 is 9.46 Å². The third kappa shape index (κ3) is 4.48. The molecule has 3 rings (SSSR count). The van der Waals surface area contributed by atoms with Gasteiger partial charge in [0.25, 0.3) is 10.0 Å². The van der Waals surface area contributed by atoms with Crippen molar-refractivity contribution in [1.29, 1.82) is 0 Å². The molecule has 0 saturated heterocycles. The van der Waals surface area contributed by atoms with Crippen molar-refractivity contribution in [2.75, 3.05) is 23.6 Å². The summed E-state index contributed by atoms with van der Waals surface area (Å²) < 4.78 is 58.9. The van der Waals surface area contributed by atoms with E-state index in [2.05, 4.69) is 4.72 Å². The molecule has 0 aromatic heterocycles. The van der Waals surface area contributed by atoms with Gasteiger partial charge in [0, 0.05) is 18.8 Å². The largest absolute Gasteiger partial charge is 0.494 e. The van der Waals surface area contributed by atoms with Gasteiger partial charge in [-0.2, -0.15) is 4.31 Å². The molecule has 0 bridgehead atoms. The van der Waals surface area contributed by atoms with Gasteiger partial charge in [0.1, 0.15) is 5.75 Å². The van der Waals surface area contributed by atoms with Gasteiger partial charge in [-0.25, -0.2) is 16.8 Å². The first-order valence-electron chi connectivity index (χ1n) is 9.10. The quantitative estimate of drug-likeness (QED) is 0.737. The lowest BCUT2D eigenvalue weighted by Crippen LogP contribution is -2.36. The number of hydrogen-bond acceptors (Lipinski definition) is 5. The molecular weight excluding hydrogens is 400 g/mol. The van der Waals surface area contributed by atoms with Crippen LogP contribution in [0.25, 0.3) is 0 Å². The van der Waals surface area contributed by atoms with E-state index in [1.807, 2.05) is 13.0 Å². The van der Waals surface area contributed by atoms with Gasteiger partial charge >= 0.3 is 0 Å². The highest BCUT2D eigenvalue weighted by molar-refractivity contribution is 7.92. The third-order valence-electron chi connectivity index (χ3n) is 4.64. The normalized spacial score (nSPS) is 15.1. The summed E-state index contributed by atoms with van der Waals surface area (Å²) in [6, 6.07) is 11.5. The molecule has 0 radical (unpaired) electrons. The number of benzene rings is 2. The summed E-state index contributed by atoms with van der Waals surface area (Å²) in [5.41, 5.74) is 2.25. The zero-order valence-corrected chi connectivity index (χ0v) is 17.5. The monoisotopic (exact) mass is 424 g/mol. The summed E-state index contributed by atoms with van der Waals surface area (Å²) in [6.07, 6.45) is 0.612. The van der Waals surface area contributed by atoms with Gasteiger partial charge in [-0.15, -0.1) is 0 Å². The topological polar surface area (TPSA) is 92.8 Å². The number of sulfonamides is 2. The van der Waals surface area contributed by atoms with E-state index >= 15 is 0 Å². The molecule has 28 heavy (non-hydrogen) atoms. The Morgan fingerprint density at radius 1 is 1.00 bits per heavy atom. The highest BCUT2D eigenvalue weighted by atomic mass is 32.2. The number of nitrogens with one attached hydrogen (secondary N) is 1. The van der Waals surface area contributed by atoms with E-state index in [1.54, 1.807) is 31.2 Å². The molecule has 152 valence electrons. The predicted molar refractivity (Wildman–Crippen MR) is 108 cm³/mol. The van der Waals surface area contributed by atoms with Crippen LogP contribution in [-0.2, 0) is 33.0 Å². The number of rotatable bonds is 7. The maximum absolute atomic E-state index is 12.7. The molecule has 2 aromatic carbocycles. The smallest absolute Gasteiger partial charge is 0.261 e. The lowest BCUT2D eigenvalue weighted by molar-refractivity contribution is 0.340. The van der Waals surface area contributed by atoms with Crippen LogP contribution in [0.5, 0.6) is 5.75 Å². The van der Waals surface area contributed by atoms with Crippen LogP contribution in [0.4, 0.5) is 5.69 Å². The van der Waals surface area contributed by atoms with E-state index in [0.29, 0.717) is 31.0 Å². The van der Waals surface area contributed by atoms with E-state index in [4.69, 9.17) is 4.74 Å². The highest BCUT2D eigenvalue weighted by Crippen LogP contribution is 2.26. The fraction of sp³-hybridized carbons (Fsp3) is 0.368. The molecule has 0 unspecified atom stereocenters. The van der Waals surface area contributed by atoms with Crippen LogP contribution in [-0.4, -0.2) is 40.0 Å². The first kappa shape index (κ1) is 20.6. The minimum absolute atomic E-state index is 0.0480. The Balaban J connectivity index is 1.81. The number of hydrogen-bond donors (Lipinski definition) is 1.